The molecule has 7 aromatic rings. The maximum absolute atomic E-state index is 7.49. The van der Waals surface area contributed by atoms with Crippen LogP contribution in [0.2, 0.25) is 0 Å². The van der Waals surface area contributed by atoms with Gasteiger partial charge < -0.3 is 5.73 Å². The van der Waals surface area contributed by atoms with E-state index in [0.29, 0.717) is 11.8 Å². The molecular formula is C44H41N. The van der Waals surface area contributed by atoms with Crippen molar-refractivity contribution >= 4 is 48.8 Å². The van der Waals surface area contributed by atoms with Crippen molar-refractivity contribution in [2.45, 2.75) is 76.0 Å². The summed E-state index contributed by atoms with van der Waals surface area (Å²) in [5.74, 6) is 1.38. The van der Waals surface area contributed by atoms with E-state index in [2.05, 4.69) is 103 Å². The lowest BCUT2D eigenvalue weighted by atomic mass is 9.80. The Morgan fingerprint density at radius 1 is 0.400 bits per heavy atom. The predicted molar refractivity (Wildman–Crippen MR) is 195 cm³/mol. The van der Waals surface area contributed by atoms with Gasteiger partial charge in [-0.05, 0) is 97.7 Å². The fourth-order valence-electron chi connectivity index (χ4n) is 9.15. The first-order valence-electron chi connectivity index (χ1n) is 17.4. The number of anilines is 1. The van der Waals surface area contributed by atoms with E-state index in [4.69, 9.17) is 5.73 Å². The third-order valence-electron chi connectivity index (χ3n) is 11.4. The third-order valence-corrected chi connectivity index (χ3v) is 11.4. The number of rotatable bonds is 4. The standard InChI is InChI=1S/C44H41N/c45-44-41(34-26-22-31(23-27-34)29-12-5-2-6-13-29)40(33-24-20-30(21-25-33)28-10-3-1-4-11-28)38-19-9-17-36-35-16-7-14-32-15-8-18-37(39(32)35)43(44)42(36)38/h7-9,14-29H,1-6,10-13,45H2. The summed E-state index contributed by atoms with van der Waals surface area (Å²) in [6.45, 7) is 0. The first-order valence-corrected chi connectivity index (χ1v) is 17.4. The number of nitrogens with two attached hydrogens (primary N) is 1. The van der Waals surface area contributed by atoms with Crippen molar-refractivity contribution in [3.8, 4) is 22.3 Å². The Kier molecular flexibility index (Phi) is 6.55. The molecule has 9 rings (SSSR count). The lowest BCUT2D eigenvalue weighted by Gasteiger charge is -2.25. The lowest BCUT2D eigenvalue weighted by Crippen LogP contribution is -2.05. The molecule has 2 saturated carbocycles. The quantitative estimate of drug-likeness (QED) is 0.124. The van der Waals surface area contributed by atoms with Gasteiger partial charge in [-0.1, -0.05) is 142 Å². The number of hydrogen-bond donors (Lipinski definition) is 1. The Hall–Kier alpha value is -4.36. The van der Waals surface area contributed by atoms with Gasteiger partial charge in [0.15, 0.2) is 0 Å². The van der Waals surface area contributed by atoms with Crippen molar-refractivity contribution in [3.63, 3.8) is 0 Å². The fourth-order valence-corrected chi connectivity index (χ4v) is 9.15. The predicted octanol–water partition coefficient (Wildman–Crippen LogP) is 12.7. The van der Waals surface area contributed by atoms with Gasteiger partial charge in [0, 0.05) is 22.0 Å². The SMILES string of the molecule is Nc1c(-c2ccc(C3CCCCC3)cc2)c(-c2ccc(C3CCCCC3)cc2)c2cccc3c4cccc5cccc(c1c23)c54. The van der Waals surface area contributed by atoms with E-state index in [0.717, 1.165) is 5.69 Å². The van der Waals surface area contributed by atoms with Crippen LogP contribution in [0.4, 0.5) is 5.69 Å². The second kappa shape index (κ2) is 10.9. The molecule has 0 aliphatic heterocycles. The summed E-state index contributed by atoms with van der Waals surface area (Å²) in [5, 5.41) is 10.2. The molecule has 2 fully saturated rings. The molecule has 2 aliphatic carbocycles. The molecule has 1 heteroatoms. The van der Waals surface area contributed by atoms with Crippen LogP contribution < -0.4 is 5.73 Å². The van der Waals surface area contributed by atoms with E-state index in [-0.39, 0.29) is 0 Å². The van der Waals surface area contributed by atoms with E-state index in [1.807, 2.05) is 0 Å². The van der Waals surface area contributed by atoms with E-state index in [1.165, 1.54) is 141 Å². The molecule has 0 aromatic heterocycles. The Morgan fingerprint density at radius 3 is 1.44 bits per heavy atom. The van der Waals surface area contributed by atoms with Gasteiger partial charge >= 0.3 is 0 Å². The summed E-state index contributed by atoms with van der Waals surface area (Å²) in [7, 11) is 0. The topological polar surface area (TPSA) is 26.0 Å². The van der Waals surface area contributed by atoms with Gasteiger partial charge in [-0.3, -0.25) is 0 Å². The minimum atomic E-state index is 0.686. The van der Waals surface area contributed by atoms with Crippen LogP contribution in [0.15, 0.2) is 103 Å². The number of nitrogen functional groups attached to an aromatic ring is 1. The van der Waals surface area contributed by atoms with Gasteiger partial charge in [-0.2, -0.15) is 0 Å². The molecule has 222 valence electrons. The highest BCUT2D eigenvalue weighted by Gasteiger charge is 2.24. The van der Waals surface area contributed by atoms with Crippen LogP contribution in [0.1, 0.15) is 87.2 Å². The maximum Gasteiger partial charge on any atom is 0.0486 e. The smallest absolute Gasteiger partial charge is 0.0486 e. The zero-order valence-corrected chi connectivity index (χ0v) is 26.1. The fraction of sp³-hybridized carbons (Fsp3) is 0.273. The Labute approximate surface area is 266 Å². The average molecular weight is 584 g/mol. The molecule has 2 aliphatic rings. The monoisotopic (exact) mass is 583 g/mol. The molecule has 0 radical (unpaired) electrons. The van der Waals surface area contributed by atoms with Gasteiger partial charge in [0.1, 0.15) is 0 Å². The molecule has 45 heavy (non-hydrogen) atoms. The number of hydrogen-bond acceptors (Lipinski definition) is 1. The van der Waals surface area contributed by atoms with E-state index in [1.54, 1.807) is 0 Å². The molecule has 0 spiro atoms. The molecule has 7 aromatic carbocycles. The summed E-state index contributed by atoms with van der Waals surface area (Å²) in [5.41, 5.74) is 16.3. The molecule has 0 unspecified atom stereocenters. The molecule has 0 heterocycles. The van der Waals surface area contributed by atoms with Crippen molar-refractivity contribution in [2.24, 2.45) is 0 Å². The minimum Gasteiger partial charge on any atom is -0.398 e. The van der Waals surface area contributed by atoms with Crippen molar-refractivity contribution < 1.29 is 0 Å². The van der Waals surface area contributed by atoms with Gasteiger partial charge in [0.2, 0.25) is 0 Å². The summed E-state index contributed by atoms with van der Waals surface area (Å²) in [4.78, 5) is 0. The van der Waals surface area contributed by atoms with Crippen LogP contribution in [0.3, 0.4) is 0 Å². The maximum atomic E-state index is 7.49. The summed E-state index contributed by atoms with van der Waals surface area (Å²) in [6.07, 6.45) is 13.4. The highest BCUT2D eigenvalue weighted by atomic mass is 14.6. The van der Waals surface area contributed by atoms with Gasteiger partial charge in [0.05, 0.1) is 0 Å². The van der Waals surface area contributed by atoms with Crippen LogP contribution in [0.5, 0.6) is 0 Å². The molecule has 0 saturated heterocycles. The molecule has 0 atom stereocenters. The molecule has 1 nitrogen and oxygen atoms in total. The van der Waals surface area contributed by atoms with Crippen molar-refractivity contribution in [1.82, 2.24) is 0 Å². The second-order valence-electron chi connectivity index (χ2n) is 13.9. The molecular weight excluding hydrogens is 542 g/mol. The van der Waals surface area contributed by atoms with Crippen LogP contribution in [-0.4, -0.2) is 0 Å². The summed E-state index contributed by atoms with van der Waals surface area (Å²) in [6, 6.07) is 39.4. The molecule has 0 bridgehead atoms. The molecule has 2 N–H and O–H groups in total. The van der Waals surface area contributed by atoms with Crippen LogP contribution in [-0.2, 0) is 0 Å². The van der Waals surface area contributed by atoms with E-state index in [9.17, 15) is 0 Å². The Balaban J connectivity index is 1.33. The largest absolute Gasteiger partial charge is 0.398 e. The normalized spacial score (nSPS) is 16.8. The van der Waals surface area contributed by atoms with Crippen molar-refractivity contribution in [3.05, 3.63) is 114 Å². The Bertz CT molecular complexity index is 2150. The van der Waals surface area contributed by atoms with Crippen LogP contribution in [0, 0.1) is 0 Å². The second-order valence-corrected chi connectivity index (χ2v) is 13.9. The summed E-state index contributed by atoms with van der Waals surface area (Å²) < 4.78 is 0. The van der Waals surface area contributed by atoms with E-state index < -0.39 is 0 Å². The van der Waals surface area contributed by atoms with E-state index >= 15 is 0 Å². The van der Waals surface area contributed by atoms with Gasteiger partial charge in [0.25, 0.3) is 0 Å². The van der Waals surface area contributed by atoms with Crippen LogP contribution in [0.25, 0.3) is 65.3 Å². The first-order chi connectivity index (χ1) is 22.3. The zero-order valence-electron chi connectivity index (χ0n) is 26.1. The van der Waals surface area contributed by atoms with Gasteiger partial charge in [-0.25, -0.2) is 0 Å². The third kappa shape index (κ3) is 4.35. The van der Waals surface area contributed by atoms with Crippen LogP contribution >= 0.6 is 0 Å². The van der Waals surface area contributed by atoms with Gasteiger partial charge in [-0.15, -0.1) is 0 Å². The van der Waals surface area contributed by atoms with Crippen molar-refractivity contribution in [1.29, 1.82) is 0 Å². The summed E-state index contributed by atoms with van der Waals surface area (Å²) >= 11 is 0. The minimum absolute atomic E-state index is 0.686. The first kappa shape index (κ1) is 27.0. The number of fused-ring (bicyclic) bond motifs is 2. The number of benzene rings is 7. The Morgan fingerprint density at radius 2 is 0.867 bits per heavy atom. The van der Waals surface area contributed by atoms with Crippen molar-refractivity contribution in [2.75, 3.05) is 5.73 Å². The average Bonchev–Trinajstić information content (AvgIpc) is 3.11. The highest BCUT2D eigenvalue weighted by Crippen LogP contribution is 2.51. The highest BCUT2D eigenvalue weighted by molar-refractivity contribution is 6.38. The molecule has 0 amide bonds. The lowest BCUT2D eigenvalue weighted by molar-refractivity contribution is 0.443. The zero-order chi connectivity index (χ0) is 29.9.